The standard InChI is InChI=1S/C56H79N11O6S2/c1-38(40-17-19-41(20-18-40)51-39(2)60-37-74-51)61-53(72)45-33-43(68)36-67(45)54(73)52(55(3,4)5)63-47(69)16-11-9-7-8-10-12-25-64-28-30-66(31-29-64)50(71)22-21-48(70)62-42-14-13-15-44(32-42)75-49-35-58-46(34-59-49)65-26-23-56(6,57)24-27-65/h13-15,17-20,32,34-35,37-38,43,45,52,68H,7-12,16,21-31,33,36,57H2,1-6H3,(H,61,72)(H,62,70)(H,63,69)/t38-,43+,45-,52+/m0/s1. The van der Waals surface area contributed by atoms with E-state index >= 15 is 0 Å². The number of thiazole rings is 1. The number of aliphatic hydroxyl groups excluding tert-OH is 1. The van der Waals surface area contributed by atoms with Gasteiger partial charge in [-0.3, -0.25) is 28.9 Å². The third-order valence-electron chi connectivity index (χ3n) is 14.7. The summed E-state index contributed by atoms with van der Waals surface area (Å²) in [5.41, 5.74) is 11.0. The first-order valence-corrected chi connectivity index (χ1v) is 28.5. The van der Waals surface area contributed by atoms with E-state index < -0.39 is 23.6 Å². The van der Waals surface area contributed by atoms with Crippen LogP contribution in [0.25, 0.3) is 10.4 Å². The molecule has 3 aliphatic rings. The fourth-order valence-corrected chi connectivity index (χ4v) is 11.5. The van der Waals surface area contributed by atoms with Crippen LogP contribution in [-0.4, -0.2) is 140 Å². The molecule has 3 fully saturated rings. The lowest BCUT2D eigenvalue weighted by Crippen LogP contribution is -2.57. The summed E-state index contributed by atoms with van der Waals surface area (Å²) in [4.78, 5) is 90.6. The number of aromatic nitrogens is 3. The van der Waals surface area contributed by atoms with Crippen LogP contribution in [-0.2, 0) is 24.0 Å². The van der Waals surface area contributed by atoms with Gasteiger partial charge in [-0.2, -0.15) is 0 Å². The number of aliphatic hydroxyl groups is 1. The van der Waals surface area contributed by atoms with Crippen molar-refractivity contribution in [3.8, 4) is 10.4 Å². The number of nitrogens with two attached hydrogens (primary N) is 1. The number of amides is 5. The lowest BCUT2D eigenvalue weighted by atomic mass is 9.85. The van der Waals surface area contributed by atoms with Gasteiger partial charge in [0.2, 0.25) is 29.5 Å². The summed E-state index contributed by atoms with van der Waals surface area (Å²) >= 11 is 3.06. The molecule has 2 aromatic heterocycles. The molecule has 4 aromatic rings. The van der Waals surface area contributed by atoms with E-state index in [9.17, 15) is 29.1 Å². The summed E-state index contributed by atoms with van der Waals surface area (Å²) < 4.78 is 0. The smallest absolute Gasteiger partial charge is 0.246 e. The molecule has 19 heteroatoms. The molecule has 5 amide bonds. The Balaban J connectivity index is 0.733. The van der Waals surface area contributed by atoms with E-state index in [2.05, 4.69) is 47.6 Å². The summed E-state index contributed by atoms with van der Waals surface area (Å²) in [6.07, 6.45) is 11.1. The molecule has 75 heavy (non-hydrogen) atoms. The minimum atomic E-state index is -0.862. The lowest BCUT2D eigenvalue weighted by Gasteiger charge is -2.37. The number of likely N-dealkylation sites (tertiary alicyclic amines) is 1. The molecule has 406 valence electrons. The lowest BCUT2D eigenvalue weighted by molar-refractivity contribution is -0.144. The number of carbonyl (C=O) groups is 5. The monoisotopic (exact) mass is 1070 g/mol. The number of hydrogen-bond acceptors (Lipinski definition) is 14. The zero-order valence-electron chi connectivity index (χ0n) is 44.8. The predicted molar refractivity (Wildman–Crippen MR) is 296 cm³/mol. The van der Waals surface area contributed by atoms with Crippen LogP contribution in [0.1, 0.15) is 129 Å². The highest BCUT2D eigenvalue weighted by molar-refractivity contribution is 7.99. The van der Waals surface area contributed by atoms with Gasteiger partial charge < -0.3 is 41.5 Å². The van der Waals surface area contributed by atoms with Gasteiger partial charge in [0, 0.05) is 87.6 Å². The molecule has 0 radical (unpaired) electrons. The highest BCUT2D eigenvalue weighted by Crippen LogP contribution is 2.32. The van der Waals surface area contributed by atoms with Crippen molar-refractivity contribution in [2.75, 3.05) is 62.6 Å². The number of hydrogen-bond donors (Lipinski definition) is 5. The first-order chi connectivity index (χ1) is 35.8. The first-order valence-electron chi connectivity index (χ1n) is 26.8. The number of carbonyl (C=O) groups excluding carboxylic acids is 5. The van der Waals surface area contributed by atoms with E-state index in [-0.39, 0.29) is 66.9 Å². The number of benzene rings is 2. The van der Waals surface area contributed by atoms with Gasteiger partial charge in [-0.05, 0) is 87.7 Å². The van der Waals surface area contributed by atoms with Crippen molar-refractivity contribution in [3.63, 3.8) is 0 Å². The van der Waals surface area contributed by atoms with E-state index in [1.54, 1.807) is 23.7 Å². The van der Waals surface area contributed by atoms with Crippen LogP contribution in [0, 0.1) is 12.3 Å². The molecule has 7 rings (SSSR count). The number of aryl methyl sites for hydroxylation is 1. The van der Waals surface area contributed by atoms with Crippen LogP contribution >= 0.6 is 23.1 Å². The molecule has 0 spiro atoms. The van der Waals surface area contributed by atoms with Crippen molar-refractivity contribution < 1.29 is 29.1 Å². The summed E-state index contributed by atoms with van der Waals surface area (Å²) in [7, 11) is 0. The van der Waals surface area contributed by atoms with Gasteiger partial charge in [0.1, 0.15) is 22.9 Å². The molecular formula is C56H79N11O6S2. The van der Waals surface area contributed by atoms with Gasteiger partial charge in [-0.25, -0.2) is 15.0 Å². The largest absolute Gasteiger partial charge is 0.391 e. The van der Waals surface area contributed by atoms with Crippen LogP contribution in [0.2, 0.25) is 0 Å². The minimum Gasteiger partial charge on any atom is -0.391 e. The van der Waals surface area contributed by atoms with Gasteiger partial charge in [0.05, 0.1) is 40.6 Å². The van der Waals surface area contributed by atoms with Crippen LogP contribution in [0.15, 0.2) is 76.4 Å². The Hall–Kier alpha value is -5.47. The minimum absolute atomic E-state index is 0.00127. The number of nitrogens with zero attached hydrogens (tertiary/aromatic N) is 7. The molecule has 3 aliphatic heterocycles. The first kappa shape index (κ1) is 57.2. The number of nitrogens with one attached hydrogen (secondary N) is 3. The molecule has 0 bridgehead atoms. The molecule has 0 saturated carbocycles. The van der Waals surface area contributed by atoms with Crippen LogP contribution in [0.4, 0.5) is 11.5 Å². The number of anilines is 2. The Kier molecular flexibility index (Phi) is 20.2. The van der Waals surface area contributed by atoms with E-state index in [4.69, 9.17) is 5.73 Å². The number of piperazine rings is 1. The Morgan fingerprint density at radius 2 is 1.56 bits per heavy atom. The highest BCUT2D eigenvalue weighted by Gasteiger charge is 2.44. The van der Waals surface area contributed by atoms with Crippen molar-refractivity contribution in [1.29, 1.82) is 0 Å². The topological polar surface area (TPSA) is 219 Å². The Morgan fingerprint density at radius 3 is 2.23 bits per heavy atom. The second-order valence-electron chi connectivity index (χ2n) is 22.0. The quantitative estimate of drug-likeness (QED) is 0.0487. The number of β-amino-alcohol motifs (C(OH)–C–C–N with tert-alkyl or cyclic N) is 1. The number of rotatable bonds is 22. The molecule has 4 atom stereocenters. The maximum atomic E-state index is 14.1. The van der Waals surface area contributed by atoms with E-state index in [0.29, 0.717) is 31.6 Å². The fourth-order valence-electron chi connectivity index (χ4n) is 9.93. The van der Waals surface area contributed by atoms with E-state index in [1.165, 1.54) is 16.7 Å². The maximum absolute atomic E-state index is 14.1. The molecule has 0 unspecified atom stereocenters. The third-order valence-corrected chi connectivity index (χ3v) is 16.6. The Labute approximate surface area is 451 Å². The number of piperidine rings is 1. The summed E-state index contributed by atoms with van der Waals surface area (Å²) in [5, 5.41) is 20.4. The Bertz CT molecular complexity index is 2530. The maximum Gasteiger partial charge on any atom is 0.246 e. The average Bonchev–Trinajstić information content (AvgIpc) is 4.01. The van der Waals surface area contributed by atoms with E-state index in [1.807, 2.05) is 93.6 Å². The highest BCUT2D eigenvalue weighted by atomic mass is 32.2. The summed E-state index contributed by atoms with van der Waals surface area (Å²) in [5.74, 6) is -0.249. The molecule has 2 aromatic carbocycles. The van der Waals surface area contributed by atoms with E-state index in [0.717, 1.165) is 115 Å². The Morgan fingerprint density at radius 1 is 0.853 bits per heavy atom. The van der Waals surface area contributed by atoms with Crippen molar-refractivity contribution in [3.05, 3.63) is 77.7 Å². The van der Waals surface area contributed by atoms with Crippen LogP contribution in [0.5, 0.6) is 0 Å². The van der Waals surface area contributed by atoms with Gasteiger partial charge in [0.25, 0.3) is 0 Å². The van der Waals surface area contributed by atoms with Crippen molar-refractivity contribution >= 4 is 64.1 Å². The zero-order valence-corrected chi connectivity index (χ0v) is 46.4. The predicted octanol–water partition coefficient (Wildman–Crippen LogP) is 7.34. The fraction of sp³-hybridized carbons (Fsp3) is 0.571. The van der Waals surface area contributed by atoms with Crippen molar-refractivity contribution in [2.24, 2.45) is 11.1 Å². The molecule has 3 saturated heterocycles. The zero-order chi connectivity index (χ0) is 53.7. The SMILES string of the molecule is Cc1ncsc1-c1ccc([C@H](C)NC(=O)[C@@H]2C[C@@H](O)CN2C(=O)[C@@H](NC(=O)CCCCCCCCN2CCN(C(=O)CCC(=O)Nc3cccc(Sc4cnc(N5CCC(C)(N)CC5)cn4)c3)CC2)C(C)(C)C)cc1. The molecule has 17 nitrogen and oxygen atoms in total. The van der Waals surface area contributed by atoms with Gasteiger partial charge >= 0.3 is 0 Å². The third kappa shape index (κ3) is 16.8. The normalized spacial score (nSPS) is 18.9. The van der Waals surface area contributed by atoms with Crippen LogP contribution < -0.4 is 26.6 Å². The molecule has 5 heterocycles. The summed E-state index contributed by atoms with van der Waals surface area (Å²) in [6.45, 7) is 17.3. The second-order valence-corrected chi connectivity index (χ2v) is 24.0. The van der Waals surface area contributed by atoms with Gasteiger partial charge in [0.15, 0.2) is 0 Å². The second kappa shape index (κ2) is 26.5. The van der Waals surface area contributed by atoms with Crippen molar-refractivity contribution in [2.45, 2.75) is 158 Å². The molecule has 0 aliphatic carbocycles. The van der Waals surface area contributed by atoms with Crippen molar-refractivity contribution in [1.82, 2.24) is 40.3 Å². The molecular weight excluding hydrogens is 987 g/mol. The van der Waals surface area contributed by atoms with Crippen LogP contribution in [0.3, 0.4) is 0 Å². The number of unbranched alkanes of at least 4 members (excludes halogenated alkanes) is 5. The van der Waals surface area contributed by atoms with Gasteiger partial charge in [-0.15, -0.1) is 11.3 Å². The molecule has 6 N–H and O–H groups in total. The summed E-state index contributed by atoms with van der Waals surface area (Å²) in [6, 6.07) is 13.5. The van der Waals surface area contributed by atoms with Gasteiger partial charge in [-0.1, -0.05) is 88.5 Å². The average molecular weight is 1070 g/mol.